The van der Waals surface area contributed by atoms with Crippen LogP contribution in [0.1, 0.15) is 49.5 Å². The van der Waals surface area contributed by atoms with Crippen molar-refractivity contribution in [2.45, 2.75) is 57.5 Å². The summed E-state index contributed by atoms with van der Waals surface area (Å²) in [6, 6.07) is 6.42. The summed E-state index contributed by atoms with van der Waals surface area (Å²) in [6.07, 6.45) is 8.13. The summed E-state index contributed by atoms with van der Waals surface area (Å²) in [5, 5.41) is 8.87. The molecular weight excluding hydrogens is 364 g/mol. The molecule has 1 unspecified atom stereocenters. The molecule has 2 heterocycles. The van der Waals surface area contributed by atoms with Gasteiger partial charge in [0.2, 0.25) is 0 Å². The van der Waals surface area contributed by atoms with E-state index in [9.17, 15) is 4.79 Å². The van der Waals surface area contributed by atoms with Crippen LogP contribution < -0.4 is 4.74 Å². The minimum atomic E-state index is 0.0257. The number of rotatable bonds is 7. The van der Waals surface area contributed by atoms with Crippen molar-refractivity contribution in [3.05, 3.63) is 40.9 Å². The van der Waals surface area contributed by atoms with E-state index in [2.05, 4.69) is 14.8 Å². The zero-order valence-corrected chi connectivity index (χ0v) is 16.4. The molecule has 0 N–H and O–H groups in total. The molecule has 1 aliphatic carbocycles. The number of likely N-dealkylation sites (tertiary alicyclic amines) is 1. The molecule has 0 radical (unpaired) electrons. The molecule has 4 rings (SSSR count). The lowest BCUT2D eigenvalue weighted by Crippen LogP contribution is -2.39. The molecule has 2 aromatic rings. The Bertz CT molecular complexity index is 818. The summed E-state index contributed by atoms with van der Waals surface area (Å²) in [5.74, 6) is 1.64. The smallest absolute Gasteiger partial charge is 0.260 e. The van der Waals surface area contributed by atoms with Gasteiger partial charge in [-0.15, -0.1) is 10.2 Å². The number of carbonyl (C=O) groups excluding carboxylic acids is 1. The van der Waals surface area contributed by atoms with Crippen LogP contribution in [0.3, 0.4) is 0 Å². The third kappa shape index (κ3) is 4.26. The normalized spacial score (nSPS) is 19.5. The summed E-state index contributed by atoms with van der Waals surface area (Å²) in [6.45, 7) is 2.80. The van der Waals surface area contributed by atoms with E-state index in [0.717, 1.165) is 43.6 Å². The highest BCUT2D eigenvalue weighted by Crippen LogP contribution is 2.35. The highest BCUT2D eigenvalue weighted by Gasteiger charge is 2.30. The van der Waals surface area contributed by atoms with E-state index in [1.807, 2.05) is 30.3 Å². The number of hydrogen-bond donors (Lipinski definition) is 0. The lowest BCUT2D eigenvalue weighted by Gasteiger charge is -2.25. The molecule has 1 aliphatic heterocycles. The first-order chi connectivity index (χ1) is 13.1. The predicted molar refractivity (Wildman–Crippen MR) is 103 cm³/mol. The minimum Gasteiger partial charge on any atom is -0.482 e. The van der Waals surface area contributed by atoms with Crippen molar-refractivity contribution < 1.29 is 9.53 Å². The average Bonchev–Trinajstić information content (AvgIpc) is 3.21. The number of ether oxygens (including phenoxy) is 1. The van der Waals surface area contributed by atoms with Crippen molar-refractivity contribution in [1.29, 1.82) is 0 Å². The van der Waals surface area contributed by atoms with E-state index < -0.39 is 0 Å². The van der Waals surface area contributed by atoms with E-state index in [1.165, 1.54) is 12.8 Å². The summed E-state index contributed by atoms with van der Waals surface area (Å²) in [7, 11) is 0. The lowest BCUT2D eigenvalue weighted by molar-refractivity contribution is -0.134. The second-order valence-corrected chi connectivity index (χ2v) is 7.94. The van der Waals surface area contributed by atoms with Gasteiger partial charge in [-0.05, 0) is 56.7 Å². The number of nitrogens with zero attached hydrogens (tertiary/aromatic N) is 4. The molecular formula is C20H25ClN4O2. The Hall–Kier alpha value is -2.08. The highest BCUT2D eigenvalue weighted by molar-refractivity contribution is 6.32. The molecule has 1 atom stereocenters. The predicted octanol–water partition coefficient (Wildman–Crippen LogP) is 3.58. The number of aryl methyl sites for hydroxylation is 2. The maximum absolute atomic E-state index is 12.7. The van der Waals surface area contributed by atoms with Crippen LogP contribution in [-0.4, -0.2) is 44.8 Å². The molecule has 6 nitrogen and oxygen atoms in total. The van der Waals surface area contributed by atoms with Gasteiger partial charge >= 0.3 is 0 Å². The van der Waals surface area contributed by atoms with Gasteiger partial charge in [-0.1, -0.05) is 17.7 Å². The number of benzene rings is 1. The van der Waals surface area contributed by atoms with Crippen LogP contribution in [0.5, 0.6) is 5.75 Å². The molecule has 1 saturated heterocycles. The van der Waals surface area contributed by atoms with E-state index in [4.69, 9.17) is 16.3 Å². The highest BCUT2D eigenvalue weighted by atomic mass is 35.5. The monoisotopic (exact) mass is 388 g/mol. The van der Waals surface area contributed by atoms with Crippen LogP contribution in [0.4, 0.5) is 0 Å². The summed E-state index contributed by atoms with van der Waals surface area (Å²) >= 11 is 6.16. The molecule has 27 heavy (non-hydrogen) atoms. The standard InChI is InChI=1S/C20H25ClN4O2/c1-14-4-8-17(21)18(11-14)27-12-20(26)24-10-2-3-15(24)7-9-19-23-22-13-25(19)16-5-6-16/h4,8,11,13,15-16H,2-3,5-7,9-10,12H2,1H3. The molecule has 1 amide bonds. The molecule has 0 bridgehead atoms. The van der Waals surface area contributed by atoms with E-state index in [1.54, 1.807) is 6.07 Å². The molecule has 1 aromatic heterocycles. The van der Waals surface area contributed by atoms with Crippen LogP contribution in [0, 0.1) is 6.92 Å². The van der Waals surface area contributed by atoms with Crippen molar-refractivity contribution in [3.8, 4) is 5.75 Å². The maximum atomic E-state index is 12.7. The number of carbonyl (C=O) groups is 1. The summed E-state index contributed by atoms with van der Waals surface area (Å²) in [4.78, 5) is 14.7. The Balaban J connectivity index is 1.32. The second-order valence-electron chi connectivity index (χ2n) is 7.53. The van der Waals surface area contributed by atoms with E-state index >= 15 is 0 Å². The summed E-state index contributed by atoms with van der Waals surface area (Å²) < 4.78 is 7.90. The first kappa shape index (κ1) is 18.3. The van der Waals surface area contributed by atoms with Crippen LogP contribution in [0.15, 0.2) is 24.5 Å². The van der Waals surface area contributed by atoms with Gasteiger partial charge in [-0.2, -0.15) is 0 Å². The van der Waals surface area contributed by atoms with Gasteiger partial charge in [0.05, 0.1) is 5.02 Å². The molecule has 144 valence electrons. The van der Waals surface area contributed by atoms with Crippen molar-refractivity contribution in [2.75, 3.05) is 13.2 Å². The average molecular weight is 389 g/mol. The number of amides is 1. The third-order valence-corrected chi connectivity index (χ3v) is 5.74. The minimum absolute atomic E-state index is 0.0257. The Kier molecular flexibility index (Phi) is 5.34. The van der Waals surface area contributed by atoms with Crippen LogP contribution in [0.2, 0.25) is 5.02 Å². The molecule has 2 aliphatic rings. The fraction of sp³-hybridized carbons (Fsp3) is 0.550. The Labute approximate surface area is 164 Å². The van der Waals surface area contributed by atoms with Gasteiger partial charge in [0.1, 0.15) is 17.9 Å². The van der Waals surface area contributed by atoms with E-state index in [-0.39, 0.29) is 18.6 Å². The lowest BCUT2D eigenvalue weighted by atomic mass is 10.1. The molecule has 7 heteroatoms. The van der Waals surface area contributed by atoms with Gasteiger partial charge < -0.3 is 14.2 Å². The van der Waals surface area contributed by atoms with Crippen molar-refractivity contribution >= 4 is 17.5 Å². The zero-order chi connectivity index (χ0) is 18.8. The van der Waals surface area contributed by atoms with Gasteiger partial charge in [0.25, 0.3) is 5.91 Å². The van der Waals surface area contributed by atoms with Crippen molar-refractivity contribution in [3.63, 3.8) is 0 Å². The maximum Gasteiger partial charge on any atom is 0.260 e. The third-order valence-electron chi connectivity index (χ3n) is 5.42. The first-order valence-corrected chi connectivity index (χ1v) is 10.1. The van der Waals surface area contributed by atoms with E-state index in [0.29, 0.717) is 16.8 Å². The molecule has 1 saturated carbocycles. The Morgan fingerprint density at radius 2 is 2.19 bits per heavy atom. The van der Waals surface area contributed by atoms with Crippen LogP contribution in [-0.2, 0) is 11.2 Å². The van der Waals surface area contributed by atoms with Crippen molar-refractivity contribution in [1.82, 2.24) is 19.7 Å². The van der Waals surface area contributed by atoms with Crippen LogP contribution >= 0.6 is 11.6 Å². The van der Waals surface area contributed by atoms with Gasteiger partial charge in [0.15, 0.2) is 6.61 Å². The Morgan fingerprint density at radius 3 is 3.00 bits per heavy atom. The molecule has 0 spiro atoms. The largest absolute Gasteiger partial charge is 0.482 e. The Morgan fingerprint density at radius 1 is 1.33 bits per heavy atom. The quantitative estimate of drug-likeness (QED) is 0.727. The van der Waals surface area contributed by atoms with Crippen molar-refractivity contribution in [2.24, 2.45) is 0 Å². The first-order valence-electron chi connectivity index (χ1n) is 9.68. The summed E-state index contributed by atoms with van der Waals surface area (Å²) in [5.41, 5.74) is 1.06. The number of aromatic nitrogens is 3. The topological polar surface area (TPSA) is 60.2 Å². The zero-order valence-electron chi connectivity index (χ0n) is 15.6. The van der Waals surface area contributed by atoms with Gasteiger partial charge in [0, 0.05) is 25.0 Å². The van der Waals surface area contributed by atoms with Crippen LogP contribution in [0.25, 0.3) is 0 Å². The van der Waals surface area contributed by atoms with Gasteiger partial charge in [-0.25, -0.2) is 0 Å². The number of halogens is 1. The molecule has 1 aromatic carbocycles. The number of hydrogen-bond acceptors (Lipinski definition) is 4. The fourth-order valence-corrected chi connectivity index (χ4v) is 3.98. The SMILES string of the molecule is Cc1ccc(Cl)c(OCC(=O)N2CCCC2CCc2nncn2C2CC2)c1. The second kappa shape index (κ2) is 7.89. The molecule has 2 fully saturated rings. The fourth-order valence-electron chi connectivity index (χ4n) is 3.81. The van der Waals surface area contributed by atoms with Gasteiger partial charge in [-0.3, -0.25) is 4.79 Å².